The molecule has 2 aromatic rings. The van der Waals surface area contributed by atoms with Gasteiger partial charge >= 0.3 is 0 Å². The highest BCUT2D eigenvalue weighted by atomic mass is 32.2. The molecule has 1 atom stereocenters. The number of hydrogen-bond donors (Lipinski definition) is 2. The van der Waals surface area contributed by atoms with Gasteiger partial charge in [-0.2, -0.15) is 9.97 Å². The van der Waals surface area contributed by atoms with Crippen molar-refractivity contribution >= 4 is 34.7 Å². The topological polar surface area (TPSA) is 120 Å². The molecular weight excluding hydrogens is 382 g/mol. The van der Waals surface area contributed by atoms with Gasteiger partial charge in [0.25, 0.3) is 5.24 Å². The van der Waals surface area contributed by atoms with E-state index in [9.17, 15) is 9.59 Å². The van der Waals surface area contributed by atoms with Crippen molar-refractivity contribution in [2.75, 3.05) is 37.9 Å². The first-order valence-corrected chi connectivity index (χ1v) is 9.45. The summed E-state index contributed by atoms with van der Waals surface area (Å²) in [5.74, 6) is 1.68. The third kappa shape index (κ3) is 5.03. The average Bonchev–Trinajstić information content (AvgIpc) is 2.99. The second-order valence-corrected chi connectivity index (χ2v) is 7.30. The number of rotatable bonds is 8. The molecule has 1 aromatic heterocycles. The van der Waals surface area contributed by atoms with Crippen LogP contribution < -0.4 is 25.4 Å². The third-order valence-corrected chi connectivity index (χ3v) is 5.09. The van der Waals surface area contributed by atoms with Crippen molar-refractivity contribution in [2.45, 2.75) is 11.7 Å². The molecule has 1 aliphatic heterocycles. The summed E-state index contributed by atoms with van der Waals surface area (Å²) in [7, 11) is 3.40. The minimum atomic E-state index is -0.370. The van der Waals surface area contributed by atoms with Crippen LogP contribution in [0.25, 0.3) is 0 Å². The van der Waals surface area contributed by atoms with Crippen LogP contribution in [0.15, 0.2) is 30.3 Å². The molecule has 0 spiro atoms. The van der Waals surface area contributed by atoms with Gasteiger partial charge in [-0.15, -0.1) is 0 Å². The summed E-state index contributed by atoms with van der Waals surface area (Å²) in [4.78, 5) is 32.9. The van der Waals surface area contributed by atoms with E-state index in [0.29, 0.717) is 31.3 Å². The van der Waals surface area contributed by atoms with Gasteiger partial charge in [-0.3, -0.25) is 14.9 Å². The monoisotopic (exact) mass is 403 g/mol. The van der Waals surface area contributed by atoms with E-state index in [4.69, 9.17) is 15.2 Å². The maximum Gasteiger partial charge on any atom is 0.286 e. The number of imide groups is 1. The summed E-state index contributed by atoms with van der Waals surface area (Å²) in [5.41, 5.74) is 6.64. The fourth-order valence-corrected chi connectivity index (χ4v) is 3.47. The number of nitrogens with zero attached hydrogens (tertiary/aromatic N) is 3. The highest BCUT2D eigenvalue weighted by molar-refractivity contribution is 8.15. The lowest BCUT2D eigenvalue weighted by molar-refractivity contribution is -0.118. The van der Waals surface area contributed by atoms with Crippen LogP contribution in [0.2, 0.25) is 0 Å². The molecule has 0 bridgehead atoms. The van der Waals surface area contributed by atoms with E-state index in [2.05, 4.69) is 15.3 Å². The Kier molecular flexibility index (Phi) is 6.19. The fourth-order valence-electron chi connectivity index (χ4n) is 2.61. The molecule has 9 nitrogen and oxygen atoms in total. The standard InChI is InChI=1S/C18H21N5O4S/c1-23(14-10-15(26-2)21-17(19)20-14)7-8-27-12-5-3-11(4-6-12)9-13-16(24)22-18(25)28-13/h3-6,10,13H,7-9H2,1-2H3,(H2,19,20,21)(H,22,24,25). The summed E-state index contributed by atoms with van der Waals surface area (Å²) < 4.78 is 10.9. The van der Waals surface area contributed by atoms with Crippen LogP contribution >= 0.6 is 11.8 Å². The Morgan fingerprint density at radius 3 is 2.64 bits per heavy atom. The van der Waals surface area contributed by atoms with Crippen molar-refractivity contribution < 1.29 is 19.1 Å². The summed E-state index contributed by atoms with van der Waals surface area (Å²) in [6.07, 6.45) is 0.502. The number of amides is 2. The van der Waals surface area contributed by atoms with Crippen LogP contribution in [-0.2, 0) is 11.2 Å². The molecule has 1 saturated heterocycles. The maximum atomic E-state index is 11.6. The van der Waals surface area contributed by atoms with Crippen LogP contribution in [-0.4, -0.2) is 53.7 Å². The highest BCUT2D eigenvalue weighted by Crippen LogP contribution is 2.24. The molecule has 0 radical (unpaired) electrons. The van der Waals surface area contributed by atoms with Crippen LogP contribution in [0.1, 0.15) is 5.56 Å². The first-order chi connectivity index (χ1) is 13.4. The zero-order valence-electron chi connectivity index (χ0n) is 15.5. The van der Waals surface area contributed by atoms with Gasteiger partial charge in [0.05, 0.1) is 18.9 Å². The van der Waals surface area contributed by atoms with Crippen molar-refractivity contribution in [2.24, 2.45) is 0 Å². The summed E-state index contributed by atoms with van der Waals surface area (Å²) in [6.45, 7) is 1.03. The van der Waals surface area contributed by atoms with Gasteiger partial charge in [0.2, 0.25) is 17.7 Å². The Labute approximate surface area is 166 Å². The Morgan fingerprint density at radius 1 is 1.25 bits per heavy atom. The molecule has 0 saturated carbocycles. The summed E-state index contributed by atoms with van der Waals surface area (Å²) in [5, 5.41) is 1.63. The molecular formula is C18H21N5O4S. The summed E-state index contributed by atoms with van der Waals surface area (Å²) in [6, 6.07) is 9.19. The smallest absolute Gasteiger partial charge is 0.286 e. The number of nitrogens with one attached hydrogen (secondary N) is 1. The maximum absolute atomic E-state index is 11.6. The van der Waals surface area contributed by atoms with Crippen molar-refractivity contribution in [3.05, 3.63) is 35.9 Å². The van der Waals surface area contributed by atoms with Crippen molar-refractivity contribution in [1.29, 1.82) is 0 Å². The van der Waals surface area contributed by atoms with E-state index in [1.807, 2.05) is 36.2 Å². The van der Waals surface area contributed by atoms with E-state index >= 15 is 0 Å². The normalized spacial score (nSPS) is 16.0. The number of carbonyl (C=O) groups is 2. The Morgan fingerprint density at radius 2 is 2.00 bits per heavy atom. The average molecular weight is 403 g/mol. The summed E-state index contributed by atoms with van der Waals surface area (Å²) >= 11 is 1.03. The van der Waals surface area contributed by atoms with Crippen molar-refractivity contribution in [3.63, 3.8) is 0 Å². The van der Waals surface area contributed by atoms with Gasteiger partial charge in [0.15, 0.2) is 0 Å². The molecule has 10 heteroatoms. The van der Waals surface area contributed by atoms with Crippen LogP contribution in [0.5, 0.6) is 11.6 Å². The predicted octanol–water partition coefficient (Wildman–Crippen LogP) is 1.48. The van der Waals surface area contributed by atoms with E-state index < -0.39 is 0 Å². The number of nitrogens with two attached hydrogens (primary N) is 1. The van der Waals surface area contributed by atoms with Crippen LogP contribution in [0.4, 0.5) is 16.6 Å². The number of likely N-dealkylation sites (N-methyl/N-ethyl adjacent to an activating group) is 1. The van der Waals surface area contributed by atoms with Gasteiger partial charge < -0.3 is 20.1 Å². The largest absolute Gasteiger partial charge is 0.492 e. The first-order valence-electron chi connectivity index (χ1n) is 8.57. The minimum Gasteiger partial charge on any atom is -0.492 e. The lowest BCUT2D eigenvalue weighted by Crippen LogP contribution is -2.25. The van der Waals surface area contributed by atoms with Gasteiger partial charge in [-0.05, 0) is 24.1 Å². The zero-order valence-corrected chi connectivity index (χ0v) is 16.4. The number of benzene rings is 1. The lowest BCUT2D eigenvalue weighted by Gasteiger charge is -2.19. The Balaban J connectivity index is 1.49. The molecule has 1 aliphatic rings. The van der Waals surface area contributed by atoms with E-state index in [0.717, 1.165) is 23.1 Å². The number of methoxy groups -OCH3 is 1. The number of ether oxygens (including phenoxy) is 2. The number of anilines is 2. The molecule has 3 N–H and O–H groups in total. The molecule has 2 heterocycles. The Hall–Kier alpha value is -3.01. The second kappa shape index (κ2) is 8.79. The molecule has 2 amide bonds. The lowest BCUT2D eigenvalue weighted by atomic mass is 10.1. The van der Waals surface area contributed by atoms with Crippen molar-refractivity contribution in [1.82, 2.24) is 15.3 Å². The first kappa shape index (κ1) is 19.7. The fraction of sp³-hybridized carbons (Fsp3) is 0.333. The molecule has 3 rings (SSSR count). The second-order valence-electron chi connectivity index (χ2n) is 6.13. The number of hydrogen-bond acceptors (Lipinski definition) is 9. The number of thioether (sulfide) groups is 1. The highest BCUT2D eigenvalue weighted by Gasteiger charge is 2.31. The number of aromatic nitrogens is 2. The van der Waals surface area contributed by atoms with Gasteiger partial charge in [-0.25, -0.2) is 0 Å². The SMILES string of the molecule is COc1cc(N(C)CCOc2ccc(CC3SC(=O)NC3=O)cc2)nc(N)n1. The zero-order chi connectivity index (χ0) is 20.1. The van der Waals surface area contributed by atoms with Gasteiger partial charge in [0.1, 0.15) is 18.2 Å². The Bertz CT molecular complexity index is 862. The number of carbonyl (C=O) groups excluding carboxylic acids is 2. The van der Waals surface area contributed by atoms with Gasteiger partial charge in [-0.1, -0.05) is 23.9 Å². The third-order valence-electron chi connectivity index (χ3n) is 4.11. The van der Waals surface area contributed by atoms with Crippen LogP contribution in [0.3, 0.4) is 0 Å². The number of nitrogen functional groups attached to an aromatic ring is 1. The van der Waals surface area contributed by atoms with Crippen LogP contribution in [0, 0.1) is 0 Å². The van der Waals surface area contributed by atoms with E-state index in [1.54, 1.807) is 6.07 Å². The van der Waals surface area contributed by atoms with Gasteiger partial charge in [0, 0.05) is 13.1 Å². The molecule has 0 aliphatic carbocycles. The van der Waals surface area contributed by atoms with Crippen molar-refractivity contribution in [3.8, 4) is 11.6 Å². The molecule has 28 heavy (non-hydrogen) atoms. The molecule has 148 valence electrons. The quantitative estimate of drug-likeness (QED) is 0.675. The minimum absolute atomic E-state index is 0.147. The van der Waals surface area contributed by atoms with E-state index in [-0.39, 0.29) is 22.3 Å². The molecule has 1 aromatic carbocycles. The molecule has 1 unspecified atom stereocenters. The van der Waals surface area contributed by atoms with E-state index in [1.165, 1.54) is 7.11 Å². The predicted molar refractivity (Wildman–Crippen MR) is 107 cm³/mol. The molecule has 1 fully saturated rings.